The molecule has 5 heteroatoms. The standard InChI is InChI=1S/C15H23N3O2/c1-4-10(3)13(16)15(20)18-12-8-6-7-11(9-12)14(19)17-5-2/h6-10,13H,4-5,16H2,1-3H3,(H,17,19)(H,18,20)/t10?,13-/m0/s1. The third-order valence-corrected chi connectivity index (χ3v) is 3.29. The van der Waals surface area contributed by atoms with Crippen LogP contribution in [0.25, 0.3) is 0 Å². The lowest BCUT2D eigenvalue weighted by molar-refractivity contribution is -0.118. The van der Waals surface area contributed by atoms with E-state index in [1.807, 2.05) is 20.8 Å². The molecule has 0 fully saturated rings. The molecule has 5 nitrogen and oxygen atoms in total. The molecule has 1 rings (SSSR count). The summed E-state index contributed by atoms with van der Waals surface area (Å²) in [5, 5.41) is 5.47. The second kappa shape index (κ2) is 7.65. The van der Waals surface area contributed by atoms with Crippen LogP contribution in [0.2, 0.25) is 0 Å². The van der Waals surface area contributed by atoms with Crippen LogP contribution in [0.5, 0.6) is 0 Å². The summed E-state index contributed by atoms with van der Waals surface area (Å²) in [6, 6.07) is 6.27. The highest BCUT2D eigenvalue weighted by Gasteiger charge is 2.19. The molecule has 0 aromatic heterocycles. The molecule has 0 heterocycles. The van der Waals surface area contributed by atoms with Crippen LogP contribution in [0, 0.1) is 5.92 Å². The quantitative estimate of drug-likeness (QED) is 0.740. The average molecular weight is 277 g/mol. The normalized spacial score (nSPS) is 13.4. The first-order valence-electron chi connectivity index (χ1n) is 6.94. The van der Waals surface area contributed by atoms with Gasteiger partial charge in [-0.3, -0.25) is 9.59 Å². The number of rotatable bonds is 6. The summed E-state index contributed by atoms with van der Waals surface area (Å²) in [5.74, 6) is -0.274. The molecule has 0 aliphatic carbocycles. The Bertz CT molecular complexity index is 474. The summed E-state index contributed by atoms with van der Waals surface area (Å²) < 4.78 is 0. The maximum Gasteiger partial charge on any atom is 0.251 e. The molecule has 1 aromatic rings. The molecule has 1 aromatic carbocycles. The number of nitrogens with one attached hydrogen (secondary N) is 2. The van der Waals surface area contributed by atoms with E-state index in [0.29, 0.717) is 17.8 Å². The number of nitrogens with two attached hydrogens (primary N) is 1. The van der Waals surface area contributed by atoms with Gasteiger partial charge in [-0.2, -0.15) is 0 Å². The van der Waals surface area contributed by atoms with E-state index in [9.17, 15) is 9.59 Å². The number of carbonyl (C=O) groups is 2. The van der Waals surface area contributed by atoms with Gasteiger partial charge in [0.2, 0.25) is 5.91 Å². The van der Waals surface area contributed by atoms with Crippen molar-refractivity contribution in [2.75, 3.05) is 11.9 Å². The molecular weight excluding hydrogens is 254 g/mol. The van der Waals surface area contributed by atoms with Crippen LogP contribution in [-0.4, -0.2) is 24.4 Å². The van der Waals surface area contributed by atoms with Gasteiger partial charge in [-0.1, -0.05) is 26.3 Å². The van der Waals surface area contributed by atoms with Crippen molar-refractivity contribution in [3.8, 4) is 0 Å². The van der Waals surface area contributed by atoms with Crippen molar-refractivity contribution in [2.45, 2.75) is 33.2 Å². The predicted molar refractivity (Wildman–Crippen MR) is 80.5 cm³/mol. The number of carbonyl (C=O) groups excluding carboxylic acids is 2. The Balaban J connectivity index is 2.76. The van der Waals surface area contributed by atoms with Gasteiger partial charge in [0.1, 0.15) is 0 Å². The SMILES string of the molecule is CCNC(=O)c1cccc(NC(=O)[C@@H](N)C(C)CC)c1. The highest BCUT2D eigenvalue weighted by molar-refractivity contribution is 5.98. The first-order chi connectivity index (χ1) is 9.49. The summed E-state index contributed by atoms with van der Waals surface area (Å²) in [5.41, 5.74) is 6.97. The Hall–Kier alpha value is -1.88. The fourth-order valence-electron chi connectivity index (χ4n) is 1.74. The number of benzene rings is 1. The minimum Gasteiger partial charge on any atom is -0.352 e. The van der Waals surface area contributed by atoms with Crippen LogP contribution in [0.3, 0.4) is 0 Å². The summed E-state index contributed by atoms with van der Waals surface area (Å²) >= 11 is 0. The third kappa shape index (κ3) is 4.35. The first-order valence-corrected chi connectivity index (χ1v) is 6.94. The van der Waals surface area contributed by atoms with Crippen LogP contribution < -0.4 is 16.4 Å². The van der Waals surface area contributed by atoms with E-state index in [0.717, 1.165) is 6.42 Å². The highest BCUT2D eigenvalue weighted by atomic mass is 16.2. The van der Waals surface area contributed by atoms with Crippen LogP contribution in [0.4, 0.5) is 5.69 Å². The first kappa shape index (κ1) is 16.2. The van der Waals surface area contributed by atoms with Crippen LogP contribution in [0.1, 0.15) is 37.6 Å². The number of hydrogen-bond acceptors (Lipinski definition) is 3. The van der Waals surface area contributed by atoms with E-state index in [-0.39, 0.29) is 17.7 Å². The fraction of sp³-hybridized carbons (Fsp3) is 0.467. The maximum atomic E-state index is 12.0. The number of anilines is 1. The summed E-state index contributed by atoms with van der Waals surface area (Å²) in [6.45, 7) is 6.35. The van der Waals surface area contributed by atoms with Gasteiger partial charge in [0, 0.05) is 17.8 Å². The van der Waals surface area contributed by atoms with Crippen molar-refractivity contribution in [1.29, 1.82) is 0 Å². The molecule has 110 valence electrons. The third-order valence-electron chi connectivity index (χ3n) is 3.29. The van der Waals surface area contributed by atoms with Crippen molar-refractivity contribution < 1.29 is 9.59 Å². The van der Waals surface area contributed by atoms with Crippen LogP contribution >= 0.6 is 0 Å². The van der Waals surface area contributed by atoms with E-state index >= 15 is 0 Å². The van der Waals surface area contributed by atoms with E-state index in [1.54, 1.807) is 24.3 Å². The van der Waals surface area contributed by atoms with Gasteiger partial charge in [0.15, 0.2) is 0 Å². The molecule has 0 saturated carbocycles. The summed E-state index contributed by atoms with van der Waals surface area (Å²) in [6.07, 6.45) is 0.841. The predicted octanol–water partition coefficient (Wildman–Crippen LogP) is 1.75. The molecule has 0 spiro atoms. The van der Waals surface area contributed by atoms with Crippen molar-refractivity contribution in [1.82, 2.24) is 5.32 Å². The molecular formula is C15H23N3O2. The van der Waals surface area contributed by atoms with Crippen molar-refractivity contribution in [3.63, 3.8) is 0 Å². The largest absolute Gasteiger partial charge is 0.352 e. The van der Waals surface area contributed by atoms with Crippen LogP contribution in [-0.2, 0) is 4.79 Å². The Labute approximate surface area is 119 Å². The molecule has 2 amide bonds. The Kier molecular flexibility index (Phi) is 6.18. The van der Waals surface area contributed by atoms with E-state index in [1.165, 1.54) is 0 Å². The lowest BCUT2D eigenvalue weighted by atomic mass is 9.99. The van der Waals surface area contributed by atoms with Gasteiger partial charge in [-0.25, -0.2) is 0 Å². The zero-order valence-electron chi connectivity index (χ0n) is 12.3. The average Bonchev–Trinajstić information content (AvgIpc) is 2.46. The smallest absolute Gasteiger partial charge is 0.251 e. The Morgan fingerprint density at radius 1 is 1.30 bits per heavy atom. The van der Waals surface area contributed by atoms with Gasteiger partial charge in [-0.05, 0) is 31.0 Å². The number of amides is 2. The fourth-order valence-corrected chi connectivity index (χ4v) is 1.74. The molecule has 1 unspecified atom stereocenters. The highest BCUT2D eigenvalue weighted by Crippen LogP contribution is 2.13. The van der Waals surface area contributed by atoms with Crippen LogP contribution in [0.15, 0.2) is 24.3 Å². The van der Waals surface area contributed by atoms with Gasteiger partial charge >= 0.3 is 0 Å². The molecule has 4 N–H and O–H groups in total. The maximum absolute atomic E-state index is 12.0. The van der Waals surface area contributed by atoms with Crippen molar-refractivity contribution in [3.05, 3.63) is 29.8 Å². The topological polar surface area (TPSA) is 84.2 Å². The lowest BCUT2D eigenvalue weighted by Crippen LogP contribution is -2.40. The molecule has 0 aliphatic rings. The van der Waals surface area contributed by atoms with E-state index in [2.05, 4.69) is 10.6 Å². The molecule has 20 heavy (non-hydrogen) atoms. The molecule has 2 atom stereocenters. The van der Waals surface area contributed by atoms with Gasteiger partial charge in [-0.15, -0.1) is 0 Å². The van der Waals surface area contributed by atoms with Crippen molar-refractivity contribution >= 4 is 17.5 Å². The van der Waals surface area contributed by atoms with E-state index in [4.69, 9.17) is 5.73 Å². The van der Waals surface area contributed by atoms with Gasteiger partial charge in [0.05, 0.1) is 6.04 Å². The van der Waals surface area contributed by atoms with Crippen molar-refractivity contribution in [2.24, 2.45) is 11.7 Å². The zero-order valence-corrected chi connectivity index (χ0v) is 12.3. The minimum absolute atomic E-state index is 0.113. The monoisotopic (exact) mass is 277 g/mol. The Morgan fingerprint density at radius 2 is 2.00 bits per heavy atom. The second-order valence-corrected chi connectivity index (χ2v) is 4.84. The molecule has 0 aliphatic heterocycles. The number of hydrogen-bond donors (Lipinski definition) is 3. The Morgan fingerprint density at radius 3 is 2.60 bits per heavy atom. The van der Waals surface area contributed by atoms with Gasteiger partial charge < -0.3 is 16.4 Å². The zero-order chi connectivity index (χ0) is 15.1. The lowest BCUT2D eigenvalue weighted by Gasteiger charge is -2.17. The van der Waals surface area contributed by atoms with Gasteiger partial charge in [0.25, 0.3) is 5.91 Å². The second-order valence-electron chi connectivity index (χ2n) is 4.84. The minimum atomic E-state index is -0.548. The molecule has 0 radical (unpaired) electrons. The molecule has 0 bridgehead atoms. The summed E-state index contributed by atoms with van der Waals surface area (Å²) in [4.78, 5) is 23.7. The molecule has 0 saturated heterocycles. The summed E-state index contributed by atoms with van der Waals surface area (Å²) in [7, 11) is 0. The van der Waals surface area contributed by atoms with E-state index < -0.39 is 6.04 Å².